The first-order valence-electron chi connectivity index (χ1n) is 19.5. The third kappa shape index (κ3) is 6.92. The Kier molecular flexibility index (Phi) is 9.30. The number of rotatable bonds is 6. The molecule has 10 heteroatoms. The van der Waals surface area contributed by atoms with Gasteiger partial charge in [0, 0.05) is 40.4 Å². The van der Waals surface area contributed by atoms with Crippen LogP contribution in [0.1, 0.15) is 49.7 Å². The van der Waals surface area contributed by atoms with Crippen LogP contribution in [0.4, 0.5) is 11.4 Å². The number of carbonyl (C=O) groups excluding carboxylic acids is 2. The molecule has 10 rings (SSSR count). The molecule has 10 nitrogen and oxygen atoms in total. The molecular formula is C47H44N6O4. The van der Waals surface area contributed by atoms with E-state index >= 15 is 0 Å². The molecular weight excluding hydrogens is 713 g/mol. The number of likely N-dealkylation sites (N-methyl/N-ethyl adjacent to an activating group) is 1. The largest absolute Gasteiger partial charge is 0.466 e. The predicted octanol–water partition coefficient (Wildman–Crippen LogP) is 8.19. The molecule has 2 fully saturated rings. The average molecular weight is 757 g/mol. The number of benzene rings is 4. The summed E-state index contributed by atoms with van der Waals surface area (Å²) in [5, 5.41) is 2.85. The minimum Gasteiger partial charge on any atom is -0.466 e. The maximum atomic E-state index is 12.1. The number of fused-ring (bicyclic) bond motifs is 2. The lowest BCUT2D eigenvalue weighted by Crippen LogP contribution is -2.43. The molecule has 4 aliphatic rings. The van der Waals surface area contributed by atoms with Crippen molar-refractivity contribution in [2.45, 2.75) is 49.6 Å². The monoisotopic (exact) mass is 756 g/mol. The minimum atomic E-state index is -0.184. The number of amides is 2. The van der Waals surface area contributed by atoms with Gasteiger partial charge >= 0.3 is 0 Å². The number of hydrogen-bond donors (Lipinski definition) is 3. The van der Waals surface area contributed by atoms with Crippen molar-refractivity contribution in [3.8, 4) is 56.5 Å². The van der Waals surface area contributed by atoms with E-state index in [1.807, 2.05) is 60.7 Å². The molecule has 2 aliphatic carbocycles. The molecule has 5 N–H and O–H groups in total. The first kappa shape index (κ1) is 36.3. The smallest absolute Gasteiger partial charge is 0.264 e. The summed E-state index contributed by atoms with van der Waals surface area (Å²) in [5.41, 5.74) is 23.9. The van der Waals surface area contributed by atoms with Gasteiger partial charge in [-0.2, -0.15) is 0 Å². The van der Waals surface area contributed by atoms with Gasteiger partial charge in [-0.15, -0.1) is 0 Å². The van der Waals surface area contributed by atoms with E-state index in [1.54, 1.807) is 11.9 Å². The molecule has 6 aromatic rings. The molecule has 2 saturated carbocycles. The average Bonchev–Trinajstić information content (AvgIpc) is 3.23. The van der Waals surface area contributed by atoms with Gasteiger partial charge in [-0.25, -0.2) is 9.97 Å². The Hall–Kier alpha value is -6.36. The number of pyridine rings is 2. The summed E-state index contributed by atoms with van der Waals surface area (Å²) in [6, 6.07) is 40.8. The fourth-order valence-corrected chi connectivity index (χ4v) is 7.94. The lowest BCUT2D eigenvalue weighted by Gasteiger charge is -2.38. The summed E-state index contributed by atoms with van der Waals surface area (Å²) < 4.78 is 11.2. The summed E-state index contributed by atoms with van der Waals surface area (Å²) in [7, 11) is 1.76. The number of hydrogen-bond acceptors (Lipinski definition) is 8. The van der Waals surface area contributed by atoms with Crippen molar-refractivity contribution in [2.24, 2.45) is 11.5 Å². The van der Waals surface area contributed by atoms with Gasteiger partial charge in [0.2, 0.25) is 11.8 Å². The van der Waals surface area contributed by atoms with Gasteiger partial charge < -0.3 is 31.2 Å². The number of ether oxygens (including phenoxy) is 2. The number of carbonyl (C=O) groups is 2. The summed E-state index contributed by atoms with van der Waals surface area (Å²) in [6.45, 7) is -0.00594. The first-order chi connectivity index (χ1) is 27.7. The second kappa shape index (κ2) is 14.6. The lowest BCUT2D eigenvalue weighted by atomic mass is 9.72. The SMILES string of the molecule is CN1C(=O)COc2nc(-c3ccc(C4(N)CCC4)cc3)c(-c3ccccc3)cc21.NC1(c2ccc(-c3nc4c(cc3-c3ccccc3)NC(=O)CO4)cc2)CCC1. The zero-order chi connectivity index (χ0) is 39.1. The van der Waals surface area contributed by atoms with E-state index < -0.39 is 0 Å². The normalized spacial score (nSPS) is 17.2. The molecule has 286 valence electrons. The number of anilines is 2. The summed E-state index contributed by atoms with van der Waals surface area (Å²) in [4.78, 5) is 35.0. The third-order valence-corrected chi connectivity index (χ3v) is 11.8. The Bertz CT molecular complexity index is 2460. The standard InChI is InChI=1S/C24H23N3O2.C23H21N3O2/c1-27-20-14-19(16-6-3-2-4-7-16)22(26-23(20)29-15-21(27)28)17-8-10-18(11-9-17)24(25)12-5-13-24;24-23(11-4-12-23)17-9-7-16(8-10-17)21-18(15-5-2-1-3-6-15)13-19-22(26-21)28-14-20(27)25-19/h2-4,6-11,14H,5,12-13,15,25H2,1H3;1-3,5-10,13H,4,11-12,14,24H2,(H,25,27). The van der Waals surface area contributed by atoms with Crippen LogP contribution in [0.15, 0.2) is 121 Å². The van der Waals surface area contributed by atoms with Crippen LogP contribution in [0, 0.1) is 0 Å². The second-order valence-electron chi connectivity index (χ2n) is 15.4. The zero-order valence-electron chi connectivity index (χ0n) is 31.8. The van der Waals surface area contributed by atoms with Gasteiger partial charge in [0.1, 0.15) is 11.4 Å². The fourth-order valence-electron chi connectivity index (χ4n) is 7.94. The van der Waals surface area contributed by atoms with E-state index in [-0.39, 0.29) is 36.1 Å². The van der Waals surface area contributed by atoms with Crippen LogP contribution >= 0.6 is 0 Å². The van der Waals surface area contributed by atoms with E-state index in [4.69, 9.17) is 30.9 Å². The highest BCUT2D eigenvalue weighted by Crippen LogP contribution is 2.44. The van der Waals surface area contributed by atoms with Crippen molar-refractivity contribution in [3.63, 3.8) is 0 Å². The van der Waals surface area contributed by atoms with Crippen LogP contribution in [0.2, 0.25) is 0 Å². The number of nitrogens with one attached hydrogen (secondary N) is 1. The number of nitrogens with two attached hydrogens (primary N) is 2. The fraction of sp³-hybridized carbons (Fsp3) is 0.234. The molecule has 57 heavy (non-hydrogen) atoms. The Morgan fingerprint density at radius 1 is 0.596 bits per heavy atom. The summed E-state index contributed by atoms with van der Waals surface area (Å²) in [6.07, 6.45) is 6.51. The van der Waals surface area contributed by atoms with Crippen LogP contribution in [0.3, 0.4) is 0 Å². The number of nitrogens with zero attached hydrogens (tertiary/aromatic N) is 3. The van der Waals surface area contributed by atoms with Gasteiger partial charge in [0.05, 0.1) is 11.4 Å². The minimum absolute atomic E-state index is 0.00918. The van der Waals surface area contributed by atoms with Crippen molar-refractivity contribution in [3.05, 3.63) is 132 Å². The van der Waals surface area contributed by atoms with Gasteiger partial charge in [-0.05, 0) is 72.9 Å². The highest BCUT2D eigenvalue weighted by Gasteiger charge is 2.35. The van der Waals surface area contributed by atoms with Crippen molar-refractivity contribution >= 4 is 23.2 Å². The summed E-state index contributed by atoms with van der Waals surface area (Å²) in [5.74, 6) is 0.691. The van der Waals surface area contributed by atoms with Gasteiger partial charge in [0.25, 0.3) is 11.8 Å². The topological polar surface area (TPSA) is 146 Å². The van der Waals surface area contributed by atoms with Crippen molar-refractivity contribution in [1.82, 2.24) is 9.97 Å². The van der Waals surface area contributed by atoms with Crippen LogP contribution < -0.4 is 31.2 Å². The molecule has 0 radical (unpaired) electrons. The predicted molar refractivity (Wildman–Crippen MR) is 223 cm³/mol. The summed E-state index contributed by atoms with van der Waals surface area (Å²) >= 11 is 0. The van der Waals surface area contributed by atoms with E-state index in [0.29, 0.717) is 23.1 Å². The van der Waals surface area contributed by atoms with Gasteiger partial charge in [-0.3, -0.25) is 9.59 Å². The zero-order valence-corrected chi connectivity index (χ0v) is 31.8. The number of aromatic nitrogens is 2. The molecule has 4 heterocycles. The molecule has 2 aromatic heterocycles. The lowest BCUT2D eigenvalue weighted by molar-refractivity contribution is -0.121. The molecule has 2 aliphatic heterocycles. The molecule has 0 saturated heterocycles. The Balaban J connectivity index is 0.000000148. The third-order valence-electron chi connectivity index (χ3n) is 11.8. The molecule has 0 bridgehead atoms. The van der Waals surface area contributed by atoms with Gasteiger partial charge in [-0.1, -0.05) is 109 Å². The van der Waals surface area contributed by atoms with Crippen LogP contribution in [-0.2, 0) is 20.7 Å². The molecule has 0 unspecified atom stereocenters. The van der Waals surface area contributed by atoms with Crippen LogP contribution in [0.25, 0.3) is 44.8 Å². The van der Waals surface area contributed by atoms with Crippen LogP contribution in [-0.4, -0.2) is 42.0 Å². The van der Waals surface area contributed by atoms with Crippen LogP contribution in [0.5, 0.6) is 11.8 Å². The maximum absolute atomic E-state index is 12.1. The Morgan fingerprint density at radius 2 is 1.07 bits per heavy atom. The van der Waals surface area contributed by atoms with E-state index in [2.05, 4.69) is 66.0 Å². The van der Waals surface area contributed by atoms with Crippen molar-refractivity contribution in [2.75, 3.05) is 30.5 Å². The highest BCUT2D eigenvalue weighted by atomic mass is 16.5. The van der Waals surface area contributed by atoms with Crippen molar-refractivity contribution in [1.29, 1.82) is 0 Å². The second-order valence-corrected chi connectivity index (χ2v) is 15.4. The molecule has 0 spiro atoms. The highest BCUT2D eigenvalue weighted by molar-refractivity contribution is 5.99. The Morgan fingerprint density at radius 3 is 1.56 bits per heavy atom. The van der Waals surface area contributed by atoms with E-state index in [1.165, 1.54) is 24.0 Å². The molecule has 4 aromatic carbocycles. The van der Waals surface area contributed by atoms with E-state index in [9.17, 15) is 9.59 Å². The Labute approximate surface area is 331 Å². The quantitative estimate of drug-likeness (QED) is 0.154. The maximum Gasteiger partial charge on any atom is 0.264 e. The molecule has 2 amide bonds. The van der Waals surface area contributed by atoms with Gasteiger partial charge in [0.15, 0.2) is 13.2 Å². The first-order valence-corrected chi connectivity index (χ1v) is 19.5. The molecule has 0 atom stereocenters. The van der Waals surface area contributed by atoms with Crippen molar-refractivity contribution < 1.29 is 19.1 Å². The van der Waals surface area contributed by atoms with E-state index in [0.717, 1.165) is 70.5 Å².